The Hall–Kier alpha value is -2.95. The van der Waals surface area contributed by atoms with Crippen LogP contribution in [0.3, 0.4) is 0 Å². The number of aryl methyl sites for hydroxylation is 1. The van der Waals surface area contributed by atoms with Gasteiger partial charge in [0, 0.05) is 6.08 Å². The highest BCUT2D eigenvalue weighted by Gasteiger charge is 2.08. The number of methoxy groups -OCH3 is 1. The lowest BCUT2D eigenvalue weighted by atomic mass is 10.1. The van der Waals surface area contributed by atoms with Crippen LogP contribution in [0.2, 0.25) is 0 Å². The summed E-state index contributed by atoms with van der Waals surface area (Å²) >= 11 is 0. The molecule has 0 atom stereocenters. The molecule has 0 aromatic heterocycles. The van der Waals surface area contributed by atoms with Crippen LogP contribution < -0.4 is 9.47 Å². The standard InChI is InChI=1S/C18H18O5/c1-3-12-5-8-16(17(11-12)22-2)23-18(21)9-6-13-4-7-14(19)15(20)10-13/h4-11,19-20H,3H2,1-2H3/b9-6+. The lowest BCUT2D eigenvalue weighted by molar-refractivity contribution is -0.129. The molecule has 2 rings (SSSR count). The first-order chi connectivity index (χ1) is 11.0. The minimum Gasteiger partial charge on any atom is -0.504 e. The molecule has 2 aromatic carbocycles. The number of aromatic hydroxyl groups is 2. The Kier molecular flexibility index (Phi) is 5.25. The predicted octanol–water partition coefficient (Wildman–Crippen LogP) is 3.29. The van der Waals surface area contributed by atoms with Gasteiger partial charge >= 0.3 is 5.97 Å². The average Bonchev–Trinajstić information content (AvgIpc) is 2.56. The monoisotopic (exact) mass is 314 g/mol. The first kappa shape index (κ1) is 16.4. The summed E-state index contributed by atoms with van der Waals surface area (Å²) in [6, 6.07) is 9.63. The number of phenolic OH excluding ortho intramolecular Hbond substituents is 2. The van der Waals surface area contributed by atoms with E-state index in [1.54, 1.807) is 12.1 Å². The van der Waals surface area contributed by atoms with Gasteiger partial charge in [0.05, 0.1) is 7.11 Å². The molecule has 0 aliphatic carbocycles. The van der Waals surface area contributed by atoms with E-state index < -0.39 is 5.97 Å². The quantitative estimate of drug-likeness (QED) is 0.383. The first-order valence-corrected chi connectivity index (χ1v) is 7.12. The molecular formula is C18H18O5. The molecule has 2 aromatic rings. The third-order valence-corrected chi connectivity index (χ3v) is 3.26. The number of carbonyl (C=O) groups is 1. The van der Waals surface area contributed by atoms with Gasteiger partial charge in [-0.15, -0.1) is 0 Å². The normalized spacial score (nSPS) is 10.7. The SMILES string of the molecule is CCc1ccc(OC(=O)/C=C/c2ccc(O)c(O)c2)c(OC)c1. The average molecular weight is 314 g/mol. The summed E-state index contributed by atoms with van der Waals surface area (Å²) in [5, 5.41) is 18.6. The van der Waals surface area contributed by atoms with E-state index in [0.717, 1.165) is 12.0 Å². The van der Waals surface area contributed by atoms with Crippen molar-refractivity contribution >= 4 is 12.0 Å². The fraction of sp³-hybridized carbons (Fsp3) is 0.167. The molecule has 0 spiro atoms. The van der Waals surface area contributed by atoms with E-state index >= 15 is 0 Å². The van der Waals surface area contributed by atoms with Crippen molar-refractivity contribution in [3.63, 3.8) is 0 Å². The minimum absolute atomic E-state index is 0.217. The van der Waals surface area contributed by atoms with Crippen LogP contribution in [-0.2, 0) is 11.2 Å². The molecule has 0 bridgehead atoms. The maximum absolute atomic E-state index is 11.9. The lowest BCUT2D eigenvalue weighted by Gasteiger charge is -2.09. The topological polar surface area (TPSA) is 76.0 Å². The van der Waals surface area contributed by atoms with Gasteiger partial charge in [-0.05, 0) is 47.9 Å². The molecule has 2 N–H and O–H groups in total. The molecule has 0 saturated carbocycles. The van der Waals surface area contributed by atoms with Crippen molar-refractivity contribution in [2.75, 3.05) is 7.11 Å². The smallest absolute Gasteiger partial charge is 0.336 e. The van der Waals surface area contributed by atoms with Crippen LogP contribution in [0, 0.1) is 0 Å². The number of esters is 1. The molecular weight excluding hydrogens is 296 g/mol. The summed E-state index contributed by atoms with van der Waals surface area (Å²) < 4.78 is 10.5. The predicted molar refractivity (Wildman–Crippen MR) is 86.8 cm³/mol. The number of benzene rings is 2. The zero-order chi connectivity index (χ0) is 16.8. The highest BCUT2D eigenvalue weighted by molar-refractivity contribution is 5.89. The van der Waals surface area contributed by atoms with E-state index in [0.29, 0.717) is 17.1 Å². The Morgan fingerprint density at radius 3 is 2.52 bits per heavy atom. The zero-order valence-corrected chi connectivity index (χ0v) is 12.9. The molecule has 0 aliphatic rings. The van der Waals surface area contributed by atoms with Crippen LogP contribution in [0.1, 0.15) is 18.1 Å². The van der Waals surface area contributed by atoms with E-state index in [1.807, 2.05) is 19.1 Å². The van der Waals surface area contributed by atoms with Crippen LogP contribution in [0.15, 0.2) is 42.5 Å². The number of phenols is 2. The summed E-state index contributed by atoms with van der Waals surface area (Å²) in [5.41, 5.74) is 1.64. The van der Waals surface area contributed by atoms with E-state index in [9.17, 15) is 15.0 Å². The second-order valence-corrected chi connectivity index (χ2v) is 4.84. The molecule has 120 valence electrons. The van der Waals surface area contributed by atoms with Crippen LogP contribution in [-0.4, -0.2) is 23.3 Å². The third kappa shape index (κ3) is 4.26. The summed E-state index contributed by atoms with van der Waals surface area (Å²) in [6.07, 6.45) is 3.57. The van der Waals surface area contributed by atoms with E-state index in [2.05, 4.69) is 0 Å². The van der Waals surface area contributed by atoms with E-state index in [4.69, 9.17) is 9.47 Å². The number of hydrogen-bond donors (Lipinski definition) is 2. The maximum atomic E-state index is 11.9. The highest BCUT2D eigenvalue weighted by Crippen LogP contribution is 2.29. The maximum Gasteiger partial charge on any atom is 0.336 e. The fourth-order valence-electron chi connectivity index (χ4n) is 1.97. The Bertz CT molecular complexity index is 734. The first-order valence-electron chi connectivity index (χ1n) is 7.12. The molecule has 0 amide bonds. The molecule has 0 heterocycles. The third-order valence-electron chi connectivity index (χ3n) is 3.26. The lowest BCUT2D eigenvalue weighted by Crippen LogP contribution is -2.05. The molecule has 0 aliphatic heterocycles. The summed E-state index contributed by atoms with van der Waals surface area (Å²) in [4.78, 5) is 11.9. The Morgan fingerprint density at radius 2 is 1.87 bits per heavy atom. The van der Waals surface area contributed by atoms with Gasteiger partial charge in [-0.2, -0.15) is 0 Å². The fourth-order valence-corrected chi connectivity index (χ4v) is 1.97. The second-order valence-electron chi connectivity index (χ2n) is 4.84. The van der Waals surface area contributed by atoms with Crippen molar-refractivity contribution in [1.82, 2.24) is 0 Å². The molecule has 0 fully saturated rings. The Labute approximate surface area is 134 Å². The molecule has 0 unspecified atom stereocenters. The Morgan fingerprint density at radius 1 is 1.09 bits per heavy atom. The summed E-state index contributed by atoms with van der Waals surface area (Å²) in [5.74, 6) is -0.204. The summed E-state index contributed by atoms with van der Waals surface area (Å²) in [6.45, 7) is 2.02. The van der Waals surface area contributed by atoms with Gasteiger partial charge in [-0.1, -0.05) is 19.1 Å². The minimum atomic E-state index is -0.569. The van der Waals surface area contributed by atoms with Gasteiger partial charge in [0.15, 0.2) is 23.0 Å². The largest absolute Gasteiger partial charge is 0.504 e. The van der Waals surface area contributed by atoms with Crippen LogP contribution in [0.4, 0.5) is 0 Å². The van der Waals surface area contributed by atoms with Crippen molar-refractivity contribution in [2.24, 2.45) is 0 Å². The number of carbonyl (C=O) groups excluding carboxylic acids is 1. The molecule has 0 radical (unpaired) electrons. The Balaban J connectivity index is 2.10. The highest BCUT2D eigenvalue weighted by atomic mass is 16.6. The van der Waals surface area contributed by atoms with Crippen LogP contribution in [0.25, 0.3) is 6.08 Å². The van der Waals surface area contributed by atoms with Crippen molar-refractivity contribution in [1.29, 1.82) is 0 Å². The van der Waals surface area contributed by atoms with E-state index in [-0.39, 0.29) is 11.5 Å². The van der Waals surface area contributed by atoms with Gasteiger partial charge in [0.2, 0.25) is 0 Å². The van der Waals surface area contributed by atoms with Crippen molar-refractivity contribution < 1.29 is 24.5 Å². The van der Waals surface area contributed by atoms with E-state index in [1.165, 1.54) is 31.4 Å². The van der Waals surface area contributed by atoms with Gasteiger partial charge in [0.1, 0.15) is 0 Å². The van der Waals surface area contributed by atoms with Crippen LogP contribution >= 0.6 is 0 Å². The summed E-state index contributed by atoms with van der Waals surface area (Å²) in [7, 11) is 1.52. The number of ether oxygens (including phenoxy) is 2. The molecule has 23 heavy (non-hydrogen) atoms. The van der Waals surface area contributed by atoms with Crippen molar-refractivity contribution in [3.8, 4) is 23.0 Å². The van der Waals surface area contributed by atoms with Gasteiger partial charge in [-0.3, -0.25) is 0 Å². The molecule has 5 nitrogen and oxygen atoms in total. The number of rotatable bonds is 5. The second kappa shape index (κ2) is 7.35. The zero-order valence-electron chi connectivity index (χ0n) is 12.9. The van der Waals surface area contributed by atoms with Gasteiger partial charge in [-0.25, -0.2) is 4.79 Å². The number of hydrogen-bond acceptors (Lipinski definition) is 5. The van der Waals surface area contributed by atoms with Gasteiger partial charge in [0.25, 0.3) is 0 Å². The van der Waals surface area contributed by atoms with Crippen molar-refractivity contribution in [2.45, 2.75) is 13.3 Å². The van der Waals surface area contributed by atoms with Gasteiger partial charge < -0.3 is 19.7 Å². The molecule has 0 saturated heterocycles. The molecule has 5 heteroatoms. The van der Waals surface area contributed by atoms with Crippen LogP contribution in [0.5, 0.6) is 23.0 Å². The van der Waals surface area contributed by atoms with Crippen molar-refractivity contribution in [3.05, 3.63) is 53.6 Å².